The maximum atomic E-state index is 5.95. The van der Waals surface area contributed by atoms with Crippen molar-refractivity contribution in [1.29, 1.82) is 0 Å². The lowest BCUT2D eigenvalue weighted by Crippen LogP contribution is -2.36. The number of nitrogens with one attached hydrogen (secondary N) is 1. The molecule has 2 saturated carbocycles. The summed E-state index contributed by atoms with van der Waals surface area (Å²) in [6.45, 7) is 2.04. The third kappa shape index (κ3) is 5.80. The zero-order chi connectivity index (χ0) is 13.3. The molecular formula is C16H31NO2. The van der Waals surface area contributed by atoms with Crippen molar-refractivity contribution in [3.8, 4) is 0 Å². The van der Waals surface area contributed by atoms with Gasteiger partial charge in [0.2, 0.25) is 0 Å². The van der Waals surface area contributed by atoms with Gasteiger partial charge in [-0.05, 0) is 51.5 Å². The Bertz CT molecular complexity index is 221. The van der Waals surface area contributed by atoms with Crippen LogP contribution in [0.4, 0.5) is 0 Å². The second-order valence-electron chi connectivity index (χ2n) is 6.15. The molecule has 112 valence electrons. The largest absolute Gasteiger partial charge is 0.381 e. The molecule has 3 heteroatoms. The molecule has 0 spiro atoms. The van der Waals surface area contributed by atoms with Gasteiger partial charge >= 0.3 is 0 Å². The predicted molar refractivity (Wildman–Crippen MR) is 78.5 cm³/mol. The molecule has 0 aliphatic heterocycles. The summed E-state index contributed by atoms with van der Waals surface area (Å²) >= 11 is 0. The predicted octanol–water partition coefficient (Wildman–Crippen LogP) is 3.27. The van der Waals surface area contributed by atoms with Crippen molar-refractivity contribution in [2.24, 2.45) is 0 Å². The summed E-state index contributed by atoms with van der Waals surface area (Å²) in [5, 5.41) is 3.67. The highest BCUT2D eigenvalue weighted by Crippen LogP contribution is 2.21. The number of rotatable bonds is 7. The highest BCUT2D eigenvalue weighted by molar-refractivity contribution is 4.77. The van der Waals surface area contributed by atoms with E-state index in [1.807, 2.05) is 7.11 Å². The highest BCUT2D eigenvalue weighted by atomic mass is 16.5. The van der Waals surface area contributed by atoms with Crippen LogP contribution in [0.25, 0.3) is 0 Å². The van der Waals surface area contributed by atoms with Crippen molar-refractivity contribution in [3.05, 3.63) is 0 Å². The van der Waals surface area contributed by atoms with Gasteiger partial charge in [0.25, 0.3) is 0 Å². The van der Waals surface area contributed by atoms with E-state index in [-0.39, 0.29) is 0 Å². The fraction of sp³-hybridized carbons (Fsp3) is 1.00. The van der Waals surface area contributed by atoms with Gasteiger partial charge in [-0.3, -0.25) is 0 Å². The van der Waals surface area contributed by atoms with Gasteiger partial charge in [0.1, 0.15) is 0 Å². The zero-order valence-corrected chi connectivity index (χ0v) is 12.5. The van der Waals surface area contributed by atoms with Gasteiger partial charge in [-0.1, -0.05) is 19.3 Å². The summed E-state index contributed by atoms with van der Waals surface area (Å²) in [6.07, 6.45) is 13.9. The minimum Gasteiger partial charge on any atom is -0.381 e. The molecule has 0 aromatic rings. The van der Waals surface area contributed by atoms with Crippen LogP contribution in [0.2, 0.25) is 0 Å². The van der Waals surface area contributed by atoms with Crippen molar-refractivity contribution in [3.63, 3.8) is 0 Å². The first kappa shape index (κ1) is 15.3. The van der Waals surface area contributed by atoms with Gasteiger partial charge in [0, 0.05) is 19.8 Å². The molecule has 0 bridgehead atoms. The smallest absolute Gasteiger partial charge is 0.0575 e. The second-order valence-corrected chi connectivity index (χ2v) is 6.15. The summed E-state index contributed by atoms with van der Waals surface area (Å²) in [4.78, 5) is 0. The Morgan fingerprint density at radius 3 is 2.32 bits per heavy atom. The molecule has 0 amide bonds. The second kappa shape index (κ2) is 8.93. The van der Waals surface area contributed by atoms with Gasteiger partial charge in [0.15, 0.2) is 0 Å². The van der Waals surface area contributed by atoms with Crippen molar-refractivity contribution >= 4 is 0 Å². The average Bonchev–Trinajstić information content (AvgIpc) is 2.49. The van der Waals surface area contributed by atoms with E-state index < -0.39 is 0 Å². The van der Waals surface area contributed by atoms with Gasteiger partial charge < -0.3 is 14.8 Å². The van der Waals surface area contributed by atoms with Crippen LogP contribution in [0.1, 0.15) is 64.2 Å². The monoisotopic (exact) mass is 269 g/mol. The molecule has 2 fully saturated rings. The number of ether oxygens (including phenoxy) is 2. The molecule has 0 heterocycles. The molecule has 0 aromatic heterocycles. The van der Waals surface area contributed by atoms with Crippen LogP contribution in [0.15, 0.2) is 0 Å². The molecule has 1 N–H and O–H groups in total. The molecule has 0 aromatic carbocycles. The lowest BCUT2D eigenvalue weighted by atomic mass is 9.93. The Hall–Kier alpha value is -0.120. The molecule has 2 aliphatic rings. The fourth-order valence-electron chi connectivity index (χ4n) is 3.36. The first-order valence-corrected chi connectivity index (χ1v) is 8.26. The van der Waals surface area contributed by atoms with E-state index in [4.69, 9.17) is 9.47 Å². The Morgan fingerprint density at radius 1 is 0.895 bits per heavy atom. The topological polar surface area (TPSA) is 30.5 Å². The molecule has 0 unspecified atom stereocenters. The Kier molecular flexibility index (Phi) is 7.18. The van der Waals surface area contributed by atoms with Gasteiger partial charge in [-0.2, -0.15) is 0 Å². The molecule has 3 nitrogen and oxygen atoms in total. The highest BCUT2D eigenvalue weighted by Gasteiger charge is 2.20. The Morgan fingerprint density at radius 2 is 1.63 bits per heavy atom. The average molecular weight is 269 g/mol. The van der Waals surface area contributed by atoms with Gasteiger partial charge in [-0.15, -0.1) is 0 Å². The third-order valence-electron chi connectivity index (χ3n) is 4.67. The standard InChI is InChI=1S/C16H31NO2/c1-18-15-10-8-14(9-11-15)17-12-5-13-19-16-6-3-2-4-7-16/h14-17H,2-13H2,1H3. The van der Waals surface area contributed by atoms with Crippen molar-refractivity contribution < 1.29 is 9.47 Å². The minimum absolute atomic E-state index is 0.507. The number of hydrogen-bond donors (Lipinski definition) is 1. The Labute approximate surface area is 118 Å². The Balaban J connectivity index is 1.43. The molecule has 0 saturated heterocycles. The zero-order valence-electron chi connectivity index (χ0n) is 12.5. The van der Waals surface area contributed by atoms with Crippen molar-refractivity contribution in [2.45, 2.75) is 82.5 Å². The van der Waals surface area contributed by atoms with E-state index >= 15 is 0 Å². The summed E-state index contributed by atoms with van der Waals surface area (Å²) in [6, 6.07) is 0.709. The molecule has 0 atom stereocenters. The van der Waals surface area contributed by atoms with E-state index in [1.165, 1.54) is 57.8 Å². The van der Waals surface area contributed by atoms with Crippen molar-refractivity contribution in [2.75, 3.05) is 20.3 Å². The number of hydrogen-bond acceptors (Lipinski definition) is 3. The number of methoxy groups -OCH3 is 1. The summed E-state index contributed by atoms with van der Waals surface area (Å²) < 4.78 is 11.3. The maximum absolute atomic E-state index is 5.95. The first-order chi connectivity index (χ1) is 9.38. The van der Waals surface area contributed by atoms with Crippen LogP contribution < -0.4 is 5.32 Å². The van der Waals surface area contributed by atoms with Crippen LogP contribution >= 0.6 is 0 Å². The van der Waals surface area contributed by atoms with Crippen LogP contribution in [0, 0.1) is 0 Å². The summed E-state index contributed by atoms with van der Waals surface area (Å²) in [5.41, 5.74) is 0. The van der Waals surface area contributed by atoms with Crippen LogP contribution in [-0.4, -0.2) is 38.5 Å². The first-order valence-electron chi connectivity index (χ1n) is 8.26. The normalized spacial score (nSPS) is 29.5. The van der Waals surface area contributed by atoms with E-state index in [2.05, 4.69) is 5.32 Å². The molecular weight excluding hydrogens is 238 g/mol. The summed E-state index contributed by atoms with van der Waals surface area (Å²) in [7, 11) is 1.83. The van der Waals surface area contributed by atoms with E-state index in [9.17, 15) is 0 Å². The van der Waals surface area contributed by atoms with Crippen LogP contribution in [-0.2, 0) is 9.47 Å². The summed E-state index contributed by atoms with van der Waals surface area (Å²) in [5.74, 6) is 0. The van der Waals surface area contributed by atoms with Gasteiger partial charge in [0.05, 0.1) is 12.2 Å². The quantitative estimate of drug-likeness (QED) is 0.720. The SMILES string of the molecule is COC1CCC(NCCCOC2CCCCC2)CC1. The van der Waals surface area contributed by atoms with E-state index in [0.29, 0.717) is 18.2 Å². The molecule has 2 rings (SSSR count). The molecule has 0 radical (unpaired) electrons. The maximum Gasteiger partial charge on any atom is 0.0575 e. The van der Waals surface area contributed by atoms with E-state index in [0.717, 1.165) is 19.6 Å². The van der Waals surface area contributed by atoms with Crippen LogP contribution in [0.3, 0.4) is 0 Å². The van der Waals surface area contributed by atoms with Crippen molar-refractivity contribution in [1.82, 2.24) is 5.32 Å². The van der Waals surface area contributed by atoms with Crippen LogP contribution in [0.5, 0.6) is 0 Å². The minimum atomic E-state index is 0.507. The fourth-order valence-corrected chi connectivity index (χ4v) is 3.36. The third-order valence-corrected chi connectivity index (χ3v) is 4.67. The molecule has 2 aliphatic carbocycles. The molecule has 19 heavy (non-hydrogen) atoms. The lowest BCUT2D eigenvalue weighted by molar-refractivity contribution is 0.0263. The lowest BCUT2D eigenvalue weighted by Gasteiger charge is -2.28. The van der Waals surface area contributed by atoms with E-state index in [1.54, 1.807) is 0 Å². The van der Waals surface area contributed by atoms with Gasteiger partial charge in [-0.25, -0.2) is 0 Å².